The number of nitrogens with one attached hydrogen (secondary N) is 1. The van der Waals surface area contributed by atoms with Crippen molar-refractivity contribution in [3.8, 4) is 11.8 Å². The van der Waals surface area contributed by atoms with Crippen molar-refractivity contribution in [1.82, 2.24) is 0 Å². The maximum Gasteiger partial charge on any atom is 0.340 e. The molecule has 6 nitrogen and oxygen atoms in total. The Kier molecular flexibility index (Phi) is 7.61. The summed E-state index contributed by atoms with van der Waals surface area (Å²) >= 11 is 0. The molecule has 0 aliphatic rings. The lowest BCUT2D eigenvalue weighted by Crippen LogP contribution is -2.14. The van der Waals surface area contributed by atoms with Gasteiger partial charge in [-0.1, -0.05) is 24.3 Å². The highest BCUT2D eigenvalue weighted by Crippen LogP contribution is 2.17. The van der Waals surface area contributed by atoms with Gasteiger partial charge in [0.25, 0.3) is 0 Å². The summed E-state index contributed by atoms with van der Waals surface area (Å²) in [6.07, 6.45) is 3.84. The van der Waals surface area contributed by atoms with Crippen LogP contribution in [0.15, 0.2) is 54.6 Å². The summed E-state index contributed by atoms with van der Waals surface area (Å²) in [4.78, 5) is 24.3. The van der Waals surface area contributed by atoms with E-state index in [0.29, 0.717) is 18.5 Å². The number of hydrogen-bond donors (Lipinski definition) is 1. The molecular formula is C21H20N2O4. The Morgan fingerprint density at radius 1 is 1.15 bits per heavy atom. The first kappa shape index (κ1) is 19.7. The van der Waals surface area contributed by atoms with E-state index < -0.39 is 5.97 Å². The molecule has 6 heteroatoms. The molecule has 2 aromatic carbocycles. The minimum atomic E-state index is -0.539. The van der Waals surface area contributed by atoms with Gasteiger partial charge < -0.3 is 14.8 Å². The number of nitrogens with zero attached hydrogens (tertiary/aromatic N) is 1. The lowest BCUT2D eigenvalue weighted by atomic mass is 10.1. The SMILES string of the molecule is COc1ccc(/C=C/C(=O)Nc2ccccc2C(=O)OCCCC#N)cc1. The molecule has 0 aliphatic carbocycles. The third-order valence-corrected chi connectivity index (χ3v) is 3.61. The number of ether oxygens (including phenoxy) is 2. The molecule has 0 saturated carbocycles. The van der Waals surface area contributed by atoms with Crippen LogP contribution in [-0.2, 0) is 9.53 Å². The van der Waals surface area contributed by atoms with Crippen LogP contribution in [0.4, 0.5) is 5.69 Å². The van der Waals surface area contributed by atoms with Gasteiger partial charge in [0, 0.05) is 12.5 Å². The summed E-state index contributed by atoms with van der Waals surface area (Å²) in [6.45, 7) is 0.159. The van der Waals surface area contributed by atoms with Crippen LogP contribution in [0, 0.1) is 11.3 Å². The van der Waals surface area contributed by atoms with E-state index in [1.165, 1.54) is 6.08 Å². The molecule has 1 amide bonds. The van der Waals surface area contributed by atoms with Crippen LogP contribution in [0.3, 0.4) is 0 Å². The normalized spacial score (nSPS) is 10.2. The summed E-state index contributed by atoms with van der Waals surface area (Å²) in [5.74, 6) is -0.169. The molecule has 0 fully saturated rings. The van der Waals surface area contributed by atoms with E-state index in [9.17, 15) is 9.59 Å². The van der Waals surface area contributed by atoms with Crippen molar-refractivity contribution in [1.29, 1.82) is 5.26 Å². The number of carbonyl (C=O) groups excluding carboxylic acids is 2. The molecule has 0 unspecified atom stereocenters. The second-order valence-corrected chi connectivity index (χ2v) is 5.54. The van der Waals surface area contributed by atoms with Crippen LogP contribution in [0.2, 0.25) is 0 Å². The van der Waals surface area contributed by atoms with Crippen LogP contribution in [0.25, 0.3) is 6.08 Å². The number of nitriles is 1. The maximum absolute atomic E-state index is 12.2. The fourth-order valence-electron chi connectivity index (χ4n) is 2.23. The quantitative estimate of drug-likeness (QED) is 0.437. The Bertz CT molecular complexity index is 851. The smallest absolute Gasteiger partial charge is 0.340 e. The minimum absolute atomic E-state index is 0.159. The first-order valence-corrected chi connectivity index (χ1v) is 8.40. The number of para-hydroxylation sites is 1. The molecule has 0 saturated heterocycles. The van der Waals surface area contributed by atoms with Crippen LogP contribution < -0.4 is 10.1 Å². The fourth-order valence-corrected chi connectivity index (χ4v) is 2.23. The molecular weight excluding hydrogens is 344 g/mol. The number of methoxy groups -OCH3 is 1. The van der Waals surface area contributed by atoms with Crippen molar-refractivity contribution in [2.24, 2.45) is 0 Å². The summed E-state index contributed by atoms with van der Waals surface area (Å²) in [5, 5.41) is 11.2. The highest BCUT2D eigenvalue weighted by Gasteiger charge is 2.13. The number of esters is 1. The third-order valence-electron chi connectivity index (χ3n) is 3.61. The van der Waals surface area contributed by atoms with Crippen LogP contribution in [0.1, 0.15) is 28.8 Å². The molecule has 27 heavy (non-hydrogen) atoms. The Labute approximate surface area is 158 Å². The number of rotatable bonds is 8. The lowest BCUT2D eigenvalue weighted by molar-refractivity contribution is -0.111. The summed E-state index contributed by atoms with van der Waals surface area (Å²) in [6, 6.07) is 15.9. The number of unbranched alkanes of at least 4 members (excludes halogenated alkanes) is 1. The summed E-state index contributed by atoms with van der Waals surface area (Å²) in [7, 11) is 1.59. The van der Waals surface area contributed by atoms with Gasteiger partial charge in [0.05, 0.1) is 31.0 Å². The largest absolute Gasteiger partial charge is 0.497 e. The molecule has 2 aromatic rings. The fraction of sp³-hybridized carbons (Fsp3) is 0.190. The Morgan fingerprint density at radius 3 is 2.59 bits per heavy atom. The van der Waals surface area contributed by atoms with Crippen LogP contribution in [0.5, 0.6) is 5.75 Å². The summed E-state index contributed by atoms with van der Waals surface area (Å²) in [5.41, 5.74) is 1.48. The van der Waals surface area contributed by atoms with Gasteiger partial charge in [-0.25, -0.2) is 4.79 Å². The van der Waals surface area contributed by atoms with Crippen molar-refractivity contribution < 1.29 is 19.1 Å². The monoisotopic (exact) mass is 364 g/mol. The Balaban J connectivity index is 1.99. The van der Waals surface area contributed by atoms with Crippen LogP contribution in [-0.4, -0.2) is 25.6 Å². The average molecular weight is 364 g/mol. The number of carbonyl (C=O) groups is 2. The molecule has 2 rings (SSSR count). The van der Waals surface area contributed by atoms with E-state index in [4.69, 9.17) is 14.7 Å². The van der Waals surface area contributed by atoms with Crippen LogP contribution >= 0.6 is 0 Å². The molecule has 0 aliphatic heterocycles. The van der Waals surface area contributed by atoms with Crippen molar-refractivity contribution in [3.05, 3.63) is 65.7 Å². The Hall–Kier alpha value is -3.59. The molecule has 0 heterocycles. The first-order chi connectivity index (χ1) is 13.1. The van der Waals surface area contributed by atoms with Crippen molar-refractivity contribution in [2.45, 2.75) is 12.8 Å². The van der Waals surface area contributed by atoms with E-state index in [0.717, 1.165) is 11.3 Å². The molecule has 1 N–H and O–H groups in total. The second kappa shape index (κ2) is 10.4. The highest BCUT2D eigenvalue weighted by molar-refractivity contribution is 6.06. The van der Waals surface area contributed by atoms with Gasteiger partial charge in [0.2, 0.25) is 5.91 Å². The number of amides is 1. The third kappa shape index (κ3) is 6.33. The van der Waals surface area contributed by atoms with Gasteiger partial charge >= 0.3 is 5.97 Å². The predicted molar refractivity (Wildman–Crippen MR) is 102 cm³/mol. The topological polar surface area (TPSA) is 88.4 Å². The Morgan fingerprint density at radius 2 is 1.89 bits per heavy atom. The van der Waals surface area contributed by atoms with Crippen molar-refractivity contribution >= 4 is 23.6 Å². The minimum Gasteiger partial charge on any atom is -0.497 e. The molecule has 138 valence electrons. The molecule has 0 radical (unpaired) electrons. The average Bonchev–Trinajstić information content (AvgIpc) is 2.70. The van der Waals surface area contributed by atoms with Gasteiger partial charge in [-0.2, -0.15) is 5.26 Å². The predicted octanol–water partition coefficient (Wildman–Crippen LogP) is 3.81. The highest BCUT2D eigenvalue weighted by atomic mass is 16.5. The zero-order chi connectivity index (χ0) is 19.5. The van der Waals surface area contributed by atoms with Gasteiger partial charge in [-0.05, 0) is 42.3 Å². The lowest BCUT2D eigenvalue weighted by Gasteiger charge is -2.09. The van der Waals surface area contributed by atoms with E-state index >= 15 is 0 Å². The maximum atomic E-state index is 12.2. The number of hydrogen-bond acceptors (Lipinski definition) is 5. The van der Waals surface area contributed by atoms with E-state index in [1.54, 1.807) is 49.6 Å². The number of benzene rings is 2. The zero-order valence-electron chi connectivity index (χ0n) is 15.0. The molecule has 0 bridgehead atoms. The van der Waals surface area contributed by atoms with Crippen molar-refractivity contribution in [2.75, 3.05) is 19.0 Å². The molecule has 0 aromatic heterocycles. The molecule has 0 atom stereocenters. The van der Waals surface area contributed by atoms with Gasteiger partial charge in [-0.15, -0.1) is 0 Å². The molecule has 0 spiro atoms. The summed E-state index contributed by atoms with van der Waals surface area (Å²) < 4.78 is 10.2. The van der Waals surface area contributed by atoms with E-state index in [2.05, 4.69) is 5.32 Å². The van der Waals surface area contributed by atoms with Crippen molar-refractivity contribution in [3.63, 3.8) is 0 Å². The van der Waals surface area contributed by atoms with Gasteiger partial charge in [-0.3, -0.25) is 4.79 Å². The van der Waals surface area contributed by atoms with Gasteiger partial charge in [0.1, 0.15) is 5.75 Å². The van der Waals surface area contributed by atoms with E-state index in [1.807, 2.05) is 18.2 Å². The standard InChI is InChI=1S/C21H20N2O4/c1-26-17-11-8-16(9-12-17)10-13-20(24)23-19-7-3-2-6-18(19)21(25)27-15-5-4-14-22/h2-3,6-13H,4-5,15H2,1H3,(H,23,24)/b13-10+. The first-order valence-electron chi connectivity index (χ1n) is 8.40. The van der Waals surface area contributed by atoms with E-state index in [-0.39, 0.29) is 18.1 Å². The number of anilines is 1. The van der Waals surface area contributed by atoms with Gasteiger partial charge in [0.15, 0.2) is 0 Å². The second-order valence-electron chi connectivity index (χ2n) is 5.54. The zero-order valence-corrected chi connectivity index (χ0v) is 15.0.